The lowest BCUT2D eigenvalue weighted by atomic mass is 9.85. The summed E-state index contributed by atoms with van der Waals surface area (Å²) in [5.41, 5.74) is 2.76. The number of anilines is 1. The van der Waals surface area contributed by atoms with Crippen LogP contribution in [0.25, 0.3) is 10.6 Å². The van der Waals surface area contributed by atoms with Gasteiger partial charge in [0.15, 0.2) is 0 Å². The number of hydrogen-bond acceptors (Lipinski definition) is 4. The minimum atomic E-state index is -0.188. The number of benzene rings is 1. The molecule has 0 fully saturated rings. The van der Waals surface area contributed by atoms with Crippen molar-refractivity contribution in [2.45, 2.75) is 33.7 Å². The minimum Gasteiger partial charge on any atom is -0.335 e. The zero-order chi connectivity index (χ0) is 18.6. The highest BCUT2D eigenvalue weighted by Crippen LogP contribution is 2.26. The standard InChI is InChI=1S/C19H28N4OS/c1-13-11-25-17(20-13)15-8-7-9-16(10-15)22-18(24)21-14(2)19(3,4)12-23(5)6/h7-11,14H,12H2,1-6H3,(H2,21,22,24)/t14-/m1/s1. The largest absolute Gasteiger partial charge is 0.335 e. The van der Waals surface area contributed by atoms with Crippen molar-refractivity contribution >= 4 is 23.1 Å². The van der Waals surface area contributed by atoms with E-state index in [1.165, 1.54) is 0 Å². The Balaban J connectivity index is 2.01. The van der Waals surface area contributed by atoms with Crippen molar-refractivity contribution in [3.8, 4) is 10.6 Å². The van der Waals surface area contributed by atoms with Crippen molar-refractivity contribution in [1.82, 2.24) is 15.2 Å². The number of aromatic nitrogens is 1. The van der Waals surface area contributed by atoms with Crippen LogP contribution in [0.2, 0.25) is 0 Å². The molecule has 1 aromatic carbocycles. The van der Waals surface area contributed by atoms with E-state index in [0.717, 1.165) is 28.5 Å². The second-order valence-electron chi connectivity index (χ2n) is 7.42. The Morgan fingerprint density at radius 2 is 2.08 bits per heavy atom. The average molecular weight is 361 g/mol. The molecule has 0 aliphatic heterocycles. The van der Waals surface area contributed by atoms with Crippen LogP contribution in [0.1, 0.15) is 26.5 Å². The summed E-state index contributed by atoms with van der Waals surface area (Å²) in [5, 5.41) is 8.96. The van der Waals surface area contributed by atoms with Crippen LogP contribution in [-0.2, 0) is 0 Å². The fraction of sp³-hybridized carbons (Fsp3) is 0.474. The maximum Gasteiger partial charge on any atom is 0.319 e. The van der Waals surface area contributed by atoms with Crippen LogP contribution in [0.4, 0.5) is 10.5 Å². The van der Waals surface area contributed by atoms with E-state index in [9.17, 15) is 4.79 Å². The zero-order valence-corrected chi connectivity index (χ0v) is 16.7. The monoisotopic (exact) mass is 360 g/mol. The molecule has 6 heteroatoms. The molecule has 2 aromatic rings. The molecule has 2 rings (SSSR count). The summed E-state index contributed by atoms with van der Waals surface area (Å²) < 4.78 is 0. The van der Waals surface area contributed by atoms with Crippen molar-refractivity contribution < 1.29 is 4.79 Å². The summed E-state index contributed by atoms with van der Waals surface area (Å²) >= 11 is 1.61. The number of carbonyl (C=O) groups excluding carboxylic acids is 1. The highest BCUT2D eigenvalue weighted by molar-refractivity contribution is 7.13. The first-order valence-electron chi connectivity index (χ1n) is 8.42. The lowest BCUT2D eigenvalue weighted by Crippen LogP contribution is -2.48. The van der Waals surface area contributed by atoms with Crippen LogP contribution in [0.15, 0.2) is 29.6 Å². The van der Waals surface area contributed by atoms with E-state index in [1.807, 2.05) is 57.6 Å². The van der Waals surface area contributed by atoms with Gasteiger partial charge in [0.05, 0.1) is 0 Å². The number of nitrogens with zero attached hydrogens (tertiary/aromatic N) is 2. The first kappa shape index (κ1) is 19.4. The van der Waals surface area contributed by atoms with Gasteiger partial charge in [0.25, 0.3) is 0 Å². The molecule has 0 radical (unpaired) electrons. The number of carbonyl (C=O) groups is 1. The number of aryl methyl sites for hydroxylation is 1. The molecule has 2 amide bonds. The third-order valence-corrected chi connectivity index (χ3v) is 5.24. The number of amides is 2. The molecule has 0 spiro atoms. The topological polar surface area (TPSA) is 57.3 Å². The van der Waals surface area contributed by atoms with Crippen molar-refractivity contribution in [3.63, 3.8) is 0 Å². The van der Waals surface area contributed by atoms with Gasteiger partial charge in [-0.15, -0.1) is 11.3 Å². The molecule has 0 aliphatic carbocycles. The third-order valence-electron chi connectivity index (χ3n) is 4.23. The van der Waals surface area contributed by atoms with Gasteiger partial charge in [-0.2, -0.15) is 0 Å². The number of thiazole rings is 1. The number of urea groups is 1. The van der Waals surface area contributed by atoms with Gasteiger partial charge in [0, 0.05) is 34.9 Å². The molecule has 136 valence electrons. The molecule has 1 atom stereocenters. The van der Waals surface area contributed by atoms with E-state index < -0.39 is 0 Å². The Labute approximate surface area is 154 Å². The Kier molecular flexibility index (Phi) is 6.19. The first-order chi connectivity index (χ1) is 11.7. The number of rotatable bonds is 6. The van der Waals surface area contributed by atoms with Gasteiger partial charge < -0.3 is 15.5 Å². The van der Waals surface area contributed by atoms with Crippen LogP contribution in [-0.4, -0.2) is 42.6 Å². The Morgan fingerprint density at radius 3 is 2.68 bits per heavy atom. The van der Waals surface area contributed by atoms with Crippen LogP contribution in [0, 0.1) is 12.3 Å². The molecule has 2 N–H and O–H groups in total. The summed E-state index contributed by atoms with van der Waals surface area (Å²) in [6, 6.07) is 7.63. The van der Waals surface area contributed by atoms with Gasteiger partial charge in [-0.3, -0.25) is 0 Å². The first-order valence-corrected chi connectivity index (χ1v) is 9.30. The highest BCUT2D eigenvalue weighted by Gasteiger charge is 2.27. The highest BCUT2D eigenvalue weighted by atomic mass is 32.1. The normalized spacial score (nSPS) is 12.9. The maximum atomic E-state index is 12.4. The summed E-state index contributed by atoms with van der Waals surface area (Å²) in [5.74, 6) is 0. The van der Waals surface area contributed by atoms with Crippen LogP contribution >= 0.6 is 11.3 Å². The van der Waals surface area contributed by atoms with Crippen LogP contribution in [0.5, 0.6) is 0 Å². The maximum absolute atomic E-state index is 12.4. The van der Waals surface area contributed by atoms with Crippen LogP contribution < -0.4 is 10.6 Å². The molecule has 1 aromatic heterocycles. The third kappa shape index (κ3) is 5.54. The fourth-order valence-corrected chi connectivity index (χ4v) is 3.52. The van der Waals surface area contributed by atoms with Gasteiger partial charge in [-0.1, -0.05) is 26.0 Å². The second kappa shape index (κ2) is 7.97. The number of nitrogens with one attached hydrogen (secondary N) is 2. The summed E-state index contributed by atoms with van der Waals surface area (Å²) in [4.78, 5) is 19.0. The molecule has 1 heterocycles. The van der Waals surface area contributed by atoms with E-state index >= 15 is 0 Å². The van der Waals surface area contributed by atoms with E-state index in [4.69, 9.17) is 0 Å². The predicted octanol–water partition coefficient (Wildman–Crippen LogP) is 4.22. The fourth-order valence-electron chi connectivity index (χ4n) is 2.73. The number of hydrogen-bond donors (Lipinski definition) is 2. The molecule has 0 saturated carbocycles. The van der Waals surface area contributed by atoms with Gasteiger partial charge in [-0.25, -0.2) is 9.78 Å². The lowest BCUT2D eigenvalue weighted by molar-refractivity contribution is 0.183. The summed E-state index contributed by atoms with van der Waals surface area (Å²) in [6.45, 7) is 9.23. The molecule has 0 aliphatic rings. The van der Waals surface area contributed by atoms with Gasteiger partial charge in [0.1, 0.15) is 5.01 Å². The Bertz CT molecular complexity index is 724. The Morgan fingerprint density at radius 1 is 1.36 bits per heavy atom. The van der Waals surface area contributed by atoms with Crippen molar-refractivity contribution in [1.29, 1.82) is 0 Å². The average Bonchev–Trinajstić information content (AvgIpc) is 2.92. The molecular formula is C19H28N4OS. The van der Waals surface area contributed by atoms with Crippen molar-refractivity contribution in [2.24, 2.45) is 5.41 Å². The van der Waals surface area contributed by atoms with Crippen molar-refractivity contribution in [3.05, 3.63) is 35.3 Å². The van der Waals surface area contributed by atoms with E-state index in [-0.39, 0.29) is 17.5 Å². The molecule has 0 saturated heterocycles. The summed E-state index contributed by atoms with van der Waals surface area (Å²) in [7, 11) is 4.08. The van der Waals surface area contributed by atoms with E-state index in [0.29, 0.717) is 0 Å². The SMILES string of the molecule is Cc1csc(-c2cccc(NC(=O)N[C@H](C)C(C)(C)CN(C)C)c2)n1. The van der Waals surface area contributed by atoms with E-state index in [2.05, 4.69) is 34.4 Å². The van der Waals surface area contributed by atoms with Gasteiger partial charge in [0.2, 0.25) is 0 Å². The van der Waals surface area contributed by atoms with Crippen LogP contribution in [0.3, 0.4) is 0 Å². The minimum absolute atomic E-state index is 0.0267. The smallest absolute Gasteiger partial charge is 0.319 e. The molecule has 0 unspecified atom stereocenters. The Hall–Kier alpha value is -1.92. The van der Waals surface area contributed by atoms with Crippen molar-refractivity contribution in [2.75, 3.05) is 26.0 Å². The van der Waals surface area contributed by atoms with Gasteiger partial charge in [-0.05, 0) is 45.5 Å². The van der Waals surface area contributed by atoms with Gasteiger partial charge >= 0.3 is 6.03 Å². The lowest BCUT2D eigenvalue weighted by Gasteiger charge is -2.34. The second-order valence-corrected chi connectivity index (χ2v) is 8.28. The quantitative estimate of drug-likeness (QED) is 0.811. The molecule has 25 heavy (non-hydrogen) atoms. The summed E-state index contributed by atoms with van der Waals surface area (Å²) in [6.07, 6.45) is 0. The predicted molar refractivity (Wildman–Crippen MR) is 106 cm³/mol. The molecular weight excluding hydrogens is 332 g/mol. The zero-order valence-electron chi connectivity index (χ0n) is 15.9. The van der Waals surface area contributed by atoms with E-state index in [1.54, 1.807) is 11.3 Å². The molecule has 0 bridgehead atoms. The molecule has 5 nitrogen and oxygen atoms in total.